The van der Waals surface area contributed by atoms with E-state index in [4.69, 9.17) is 21.7 Å². The van der Waals surface area contributed by atoms with Crippen molar-refractivity contribution >= 4 is 20.2 Å². The number of β-amino-alcohol motifs (C(OH)–C–C–N with tert-alkyl or cyclic N) is 2. The van der Waals surface area contributed by atoms with Gasteiger partial charge < -0.3 is 40.6 Å². The van der Waals surface area contributed by atoms with Gasteiger partial charge >= 0.3 is 21.1 Å². The van der Waals surface area contributed by atoms with Crippen molar-refractivity contribution in [1.82, 2.24) is 19.6 Å². The molecule has 0 aromatic heterocycles. The molecular weight excluding hydrogens is 760 g/mol. The van der Waals surface area contributed by atoms with E-state index in [1.54, 1.807) is 0 Å². The normalized spacial score (nSPS) is 23.5. The van der Waals surface area contributed by atoms with Crippen molar-refractivity contribution in [3.63, 3.8) is 0 Å². The fourth-order valence-corrected chi connectivity index (χ4v) is 5.78. The van der Waals surface area contributed by atoms with Crippen LogP contribution >= 0.6 is 0 Å². The van der Waals surface area contributed by atoms with Crippen LogP contribution in [0, 0.1) is 0 Å². The minimum absolute atomic E-state index is 0. The Labute approximate surface area is 261 Å². The molecule has 3 rings (SSSR count). The van der Waals surface area contributed by atoms with Crippen molar-refractivity contribution in [3.05, 3.63) is 11.5 Å². The Morgan fingerprint density at radius 3 is 1.07 bits per heavy atom. The van der Waals surface area contributed by atoms with Crippen LogP contribution in [0.25, 0.3) is 11.5 Å². The number of aliphatic hydroxyl groups excluding tert-OH is 2. The number of hydrogen-bond acceptors (Lipinski definition) is 12. The molecule has 0 spiro atoms. The van der Waals surface area contributed by atoms with E-state index in [0.29, 0.717) is 39.0 Å². The molecule has 2 atom stereocenters. The summed E-state index contributed by atoms with van der Waals surface area (Å²) in [6.07, 6.45) is 5.06. The van der Waals surface area contributed by atoms with Gasteiger partial charge in [-0.2, -0.15) is 12.1 Å². The van der Waals surface area contributed by atoms with E-state index in [-0.39, 0.29) is 57.9 Å². The van der Waals surface area contributed by atoms with Crippen LogP contribution in [0.5, 0.6) is 0 Å². The van der Waals surface area contributed by atoms with Crippen LogP contribution in [-0.4, -0.2) is 171 Å². The molecule has 17 heteroatoms. The zero-order chi connectivity index (χ0) is 30.0. The Balaban J connectivity index is 0.000000609. The molecule has 0 radical (unpaired) electrons. The Bertz CT molecular complexity index is 788. The molecule has 2 unspecified atom stereocenters. The first-order valence-electron chi connectivity index (χ1n) is 14.2. The summed E-state index contributed by atoms with van der Waals surface area (Å²) < 4.78 is 62.4. The molecule has 0 amide bonds. The molecule has 246 valence electrons. The molecule has 0 aromatic rings. The standard InChI is InChI=1S/2C9H20N2O4S.C6H12N2.Pt/c2*12-8-7-11-5-3-10(4-6-11)2-1-9-16(13,14)15;7-5-3-1-2-4-6(5)8;/h2*12H,1-9H2,(H,13,14,15);5-8H,1-4H2;/q;;-2;+4/p-2. The molecule has 14 nitrogen and oxygen atoms in total. The Morgan fingerprint density at radius 1 is 0.585 bits per heavy atom. The van der Waals surface area contributed by atoms with Crippen LogP contribution in [0.3, 0.4) is 0 Å². The number of piperazine rings is 2. The number of aliphatic hydroxyl groups is 2. The predicted molar refractivity (Wildman–Crippen MR) is 153 cm³/mol. The van der Waals surface area contributed by atoms with Gasteiger partial charge in [0.1, 0.15) is 0 Å². The summed E-state index contributed by atoms with van der Waals surface area (Å²) in [7, 11) is -8.13. The molecule has 1 saturated carbocycles. The third kappa shape index (κ3) is 22.4. The summed E-state index contributed by atoms with van der Waals surface area (Å²) in [5, 5.41) is 17.5. The van der Waals surface area contributed by atoms with E-state index in [1.165, 1.54) is 12.8 Å². The predicted octanol–water partition coefficient (Wildman–Crippen LogP) is -0.537. The third-order valence-corrected chi connectivity index (χ3v) is 8.84. The first kappa shape index (κ1) is 41.2. The first-order chi connectivity index (χ1) is 18.8. The van der Waals surface area contributed by atoms with Gasteiger partial charge in [-0.3, -0.25) is 9.80 Å². The average molecular weight is 810 g/mol. The summed E-state index contributed by atoms with van der Waals surface area (Å²) in [6.45, 7) is 10.1. The second-order valence-corrected chi connectivity index (χ2v) is 13.6. The van der Waals surface area contributed by atoms with Gasteiger partial charge in [-0.15, -0.1) is 0 Å². The number of nitrogens with zero attached hydrogens (tertiary/aromatic N) is 4. The molecule has 2 heterocycles. The zero-order valence-electron chi connectivity index (χ0n) is 24.0. The van der Waals surface area contributed by atoms with Crippen molar-refractivity contribution in [2.24, 2.45) is 0 Å². The summed E-state index contributed by atoms with van der Waals surface area (Å²) in [4.78, 5) is 8.64. The maximum atomic E-state index is 10.4. The first-order valence-corrected chi connectivity index (χ1v) is 17.4. The summed E-state index contributed by atoms with van der Waals surface area (Å²) in [5.41, 5.74) is 14.6. The quantitative estimate of drug-likeness (QED) is 0.238. The smallest absolute Gasteiger partial charge is 0.748 e. The largest absolute Gasteiger partial charge is 4.00 e. The summed E-state index contributed by atoms with van der Waals surface area (Å²) >= 11 is 0. The molecular formula is C24H50N6O8PtS2. The van der Waals surface area contributed by atoms with Gasteiger partial charge in [0.25, 0.3) is 0 Å². The fraction of sp³-hybridized carbons (Fsp3) is 1.00. The van der Waals surface area contributed by atoms with E-state index >= 15 is 0 Å². The zero-order valence-corrected chi connectivity index (χ0v) is 27.9. The van der Waals surface area contributed by atoms with Crippen LogP contribution in [0.15, 0.2) is 0 Å². The Kier molecular flexibility index (Phi) is 22.8. The molecule has 0 bridgehead atoms. The molecule has 4 N–H and O–H groups in total. The SMILES string of the molecule is O=S(=O)([O-])CCCN1CCN(CCO)CC1.O=S(=O)([O-])CCCN1CCN(CCO)CC1.[NH-]C1CCCCC1[NH-].[Pt+4]. The molecule has 41 heavy (non-hydrogen) atoms. The minimum atomic E-state index is -4.06. The van der Waals surface area contributed by atoms with Crippen molar-refractivity contribution in [2.45, 2.75) is 50.6 Å². The van der Waals surface area contributed by atoms with Gasteiger partial charge in [0.15, 0.2) is 0 Å². The molecule has 3 aliphatic rings. The number of rotatable bonds is 12. The van der Waals surface area contributed by atoms with Crippen LogP contribution in [0.4, 0.5) is 0 Å². The van der Waals surface area contributed by atoms with Crippen molar-refractivity contribution in [3.8, 4) is 0 Å². The van der Waals surface area contributed by atoms with Crippen molar-refractivity contribution in [2.75, 3.05) is 103 Å². The van der Waals surface area contributed by atoms with Gasteiger partial charge in [-0.1, -0.05) is 25.7 Å². The van der Waals surface area contributed by atoms with Crippen LogP contribution in [-0.2, 0) is 41.3 Å². The second kappa shape index (κ2) is 22.7. The molecule has 0 aromatic carbocycles. The van der Waals surface area contributed by atoms with Gasteiger partial charge in [0, 0.05) is 77.0 Å². The Hall–Kier alpha value is 0.188. The average Bonchev–Trinajstić information content (AvgIpc) is 2.88. The van der Waals surface area contributed by atoms with E-state index in [9.17, 15) is 25.9 Å². The molecule has 2 aliphatic heterocycles. The van der Waals surface area contributed by atoms with Gasteiger partial charge in [-0.05, 0) is 25.9 Å². The maximum absolute atomic E-state index is 10.4. The second-order valence-electron chi connectivity index (χ2n) is 10.5. The van der Waals surface area contributed by atoms with E-state index in [2.05, 4.69) is 19.6 Å². The Morgan fingerprint density at radius 2 is 0.854 bits per heavy atom. The van der Waals surface area contributed by atoms with Gasteiger partial charge in [0.05, 0.1) is 33.5 Å². The van der Waals surface area contributed by atoms with Crippen molar-refractivity contribution in [1.29, 1.82) is 0 Å². The monoisotopic (exact) mass is 809 g/mol. The molecule has 3 fully saturated rings. The maximum Gasteiger partial charge on any atom is 4.00 e. The van der Waals surface area contributed by atoms with Gasteiger partial charge in [0.2, 0.25) is 0 Å². The topological polar surface area (TPSA) is 215 Å². The number of hydrogen-bond donors (Lipinski definition) is 2. The minimum Gasteiger partial charge on any atom is -0.748 e. The van der Waals surface area contributed by atoms with E-state index < -0.39 is 20.2 Å². The van der Waals surface area contributed by atoms with Gasteiger partial charge in [-0.25, -0.2) is 16.8 Å². The summed E-state index contributed by atoms with van der Waals surface area (Å²) in [5.74, 6) is -0.548. The third-order valence-electron chi connectivity index (χ3n) is 7.27. The molecule has 1 aliphatic carbocycles. The number of nitrogens with one attached hydrogen (secondary N) is 2. The van der Waals surface area contributed by atoms with E-state index in [0.717, 1.165) is 65.2 Å². The fourth-order valence-electron chi connectivity index (χ4n) is 4.82. The molecule has 2 saturated heterocycles. The van der Waals surface area contributed by atoms with Crippen LogP contribution in [0.2, 0.25) is 0 Å². The van der Waals surface area contributed by atoms with Crippen LogP contribution < -0.4 is 0 Å². The van der Waals surface area contributed by atoms with Crippen molar-refractivity contribution < 1.29 is 57.2 Å². The summed E-state index contributed by atoms with van der Waals surface area (Å²) in [6, 6.07) is -0.160. The van der Waals surface area contributed by atoms with E-state index in [1.807, 2.05) is 0 Å². The van der Waals surface area contributed by atoms with Crippen LogP contribution in [0.1, 0.15) is 38.5 Å².